The Bertz CT molecular complexity index is 566. The summed E-state index contributed by atoms with van der Waals surface area (Å²) in [6, 6.07) is 0. The molecule has 0 amide bonds. The summed E-state index contributed by atoms with van der Waals surface area (Å²) in [5.41, 5.74) is 4.42. The van der Waals surface area contributed by atoms with E-state index in [1.807, 2.05) is 37.1 Å². The Morgan fingerprint density at radius 3 is 0.955 bits per heavy atom. The first-order valence-electron chi connectivity index (χ1n) is 7.64. The molecule has 0 bridgehead atoms. The van der Waals surface area contributed by atoms with Crippen molar-refractivity contribution in [3.8, 4) is 0 Å². The number of aromatic nitrogens is 6. The lowest BCUT2D eigenvalue weighted by atomic mass is 10.1. The van der Waals surface area contributed by atoms with E-state index in [9.17, 15) is 0 Å². The van der Waals surface area contributed by atoms with Crippen molar-refractivity contribution in [3.05, 3.63) is 22.8 Å². The minimum absolute atomic E-state index is 0.0470. The summed E-state index contributed by atoms with van der Waals surface area (Å²) >= 11 is 0. The van der Waals surface area contributed by atoms with Crippen molar-refractivity contribution >= 4 is 0 Å². The highest BCUT2D eigenvalue weighted by molar-refractivity contribution is 5.07. The zero-order chi connectivity index (χ0) is 17.3. The van der Waals surface area contributed by atoms with Crippen LogP contribution in [0.25, 0.3) is 0 Å². The van der Waals surface area contributed by atoms with Crippen LogP contribution in [0.5, 0.6) is 0 Å². The topological polar surface area (TPSA) is 61.4 Å². The summed E-state index contributed by atoms with van der Waals surface area (Å²) in [7, 11) is 0. The third-order valence-electron chi connectivity index (χ3n) is 3.52. The average Bonchev–Trinajstić information content (AvgIpc) is 2.84. The van der Waals surface area contributed by atoms with Gasteiger partial charge >= 0.3 is 0 Å². The average molecular weight is 306 g/mol. The highest BCUT2D eigenvalue weighted by Crippen LogP contribution is 2.16. The maximum absolute atomic E-state index is 4.05. The summed E-state index contributed by atoms with van der Waals surface area (Å²) < 4.78 is 3.89. The van der Waals surface area contributed by atoms with Gasteiger partial charge in [0.1, 0.15) is 0 Å². The van der Waals surface area contributed by atoms with Crippen LogP contribution in [0, 0.1) is 27.7 Å². The fraction of sp³-hybridized carbons (Fsp3) is 0.750. The summed E-state index contributed by atoms with van der Waals surface area (Å²) in [4.78, 5) is 0. The molecule has 0 radical (unpaired) electrons. The second-order valence-electron chi connectivity index (χ2n) is 7.69. The Morgan fingerprint density at radius 2 is 0.864 bits per heavy atom. The Labute approximate surface area is 133 Å². The van der Waals surface area contributed by atoms with Crippen LogP contribution in [0.3, 0.4) is 0 Å². The molecule has 6 nitrogen and oxygen atoms in total. The van der Waals surface area contributed by atoms with Gasteiger partial charge in [-0.15, -0.1) is 10.2 Å². The molecule has 0 aliphatic rings. The molecular formula is C16H30N6. The van der Waals surface area contributed by atoms with Gasteiger partial charge in [-0.05, 0) is 69.2 Å². The number of rotatable bonds is 0. The van der Waals surface area contributed by atoms with Gasteiger partial charge in [0.15, 0.2) is 0 Å². The summed E-state index contributed by atoms with van der Waals surface area (Å²) in [6.45, 7) is 20.8. The Hall–Kier alpha value is -1.72. The first-order valence-corrected chi connectivity index (χ1v) is 7.64. The molecule has 2 aromatic rings. The van der Waals surface area contributed by atoms with Gasteiger partial charge < -0.3 is 0 Å². The molecule has 124 valence electrons. The lowest BCUT2D eigenvalue weighted by Gasteiger charge is -2.19. The Morgan fingerprint density at radius 1 is 0.591 bits per heavy atom. The quantitative estimate of drug-likeness (QED) is 0.749. The summed E-state index contributed by atoms with van der Waals surface area (Å²) in [5.74, 6) is 0. The zero-order valence-corrected chi connectivity index (χ0v) is 15.7. The highest BCUT2D eigenvalue weighted by Gasteiger charge is 2.18. The van der Waals surface area contributed by atoms with Crippen molar-refractivity contribution in [1.82, 2.24) is 30.0 Å². The van der Waals surface area contributed by atoms with Crippen molar-refractivity contribution in [3.63, 3.8) is 0 Å². The standard InChI is InChI=1S/2C8H15N3/c2*1-6-7(2)11(10-9-6)8(3,4)5/h2*1-5H3. The monoisotopic (exact) mass is 306 g/mol. The molecule has 6 heteroatoms. The SMILES string of the molecule is Cc1nnn(C(C)(C)C)c1C.Cc1nnn(C(C)(C)C)c1C. The molecule has 0 unspecified atom stereocenters. The van der Waals surface area contributed by atoms with Crippen LogP contribution in [0.1, 0.15) is 64.3 Å². The van der Waals surface area contributed by atoms with E-state index >= 15 is 0 Å². The maximum atomic E-state index is 4.05. The number of aryl methyl sites for hydroxylation is 2. The van der Waals surface area contributed by atoms with E-state index in [2.05, 4.69) is 62.2 Å². The summed E-state index contributed by atoms with van der Waals surface area (Å²) in [5, 5.41) is 16.1. The molecule has 0 aliphatic heterocycles. The van der Waals surface area contributed by atoms with Crippen LogP contribution in [0.15, 0.2) is 0 Å². The van der Waals surface area contributed by atoms with Crippen LogP contribution in [0.4, 0.5) is 0 Å². The molecule has 0 fully saturated rings. The molecule has 2 aromatic heterocycles. The molecule has 0 N–H and O–H groups in total. The smallest absolute Gasteiger partial charge is 0.0825 e. The first kappa shape index (κ1) is 18.3. The van der Waals surface area contributed by atoms with E-state index in [0.717, 1.165) is 22.8 Å². The maximum Gasteiger partial charge on any atom is 0.0825 e. The van der Waals surface area contributed by atoms with Gasteiger partial charge in [0.2, 0.25) is 0 Å². The zero-order valence-electron chi connectivity index (χ0n) is 15.7. The molecule has 2 rings (SSSR count). The predicted molar refractivity (Wildman–Crippen MR) is 89.0 cm³/mol. The van der Waals surface area contributed by atoms with Crippen LogP contribution in [0.2, 0.25) is 0 Å². The molecule has 0 saturated heterocycles. The second-order valence-corrected chi connectivity index (χ2v) is 7.69. The van der Waals surface area contributed by atoms with Crippen LogP contribution in [-0.2, 0) is 11.1 Å². The van der Waals surface area contributed by atoms with E-state index in [0.29, 0.717) is 0 Å². The van der Waals surface area contributed by atoms with Gasteiger partial charge in [-0.25, -0.2) is 9.36 Å². The number of hydrogen-bond donors (Lipinski definition) is 0. The van der Waals surface area contributed by atoms with E-state index in [1.165, 1.54) is 0 Å². The van der Waals surface area contributed by atoms with E-state index in [-0.39, 0.29) is 11.1 Å². The van der Waals surface area contributed by atoms with E-state index < -0.39 is 0 Å². The van der Waals surface area contributed by atoms with Crippen molar-refractivity contribution in [2.45, 2.75) is 80.3 Å². The van der Waals surface area contributed by atoms with Crippen LogP contribution in [-0.4, -0.2) is 30.0 Å². The van der Waals surface area contributed by atoms with Gasteiger partial charge in [0, 0.05) is 0 Å². The lowest BCUT2D eigenvalue weighted by molar-refractivity contribution is 0.339. The third-order valence-corrected chi connectivity index (χ3v) is 3.52. The lowest BCUT2D eigenvalue weighted by Crippen LogP contribution is -2.24. The molecule has 0 spiro atoms. The van der Waals surface area contributed by atoms with Crippen molar-refractivity contribution < 1.29 is 0 Å². The Balaban J connectivity index is 0.000000220. The fourth-order valence-corrected chi connectivity index (χ4v) is 2.08. The molecule has 2 heterocycles. The normalized spacial score (nSPS) is 12.1. The van der Waals surface area contributed by atoms with E-state index in [1.54, 1.807) is 0 Å². The van der Waals surface area contributed by atoms with E-state index in [4.69, 9.17) is 0 Å². The summed E-state index contributed by atoms with van der Waals surface area (Å²) in [6.07, 6.45) is 0. The molecule has 0 saturated carbocycles. The number of nitrogens with zero attached hydrogens (tertiary/aromatic N) is 6. The molecule has 0 aliphatic carbocycles. The molecular weight excluding hydrogens is 276 g/mol. The highest BCUT2D eigenvalue weighted by atomic mass is 15.5. The molecule has 0 atom stereocenters. The second kappa shape index (κ2) is 6.18. The molecule has 0 aromatic carbocycles. The minimum atomic E-state index is 0.0470. The molecule has 22 heavy (non-hydrogen) atoms. The van der Waals surface area contributed by atoms with Crippen molar-refractivity contribution in [2.24, 2.45) is 0 Å². The van der Waals surface area contributed by atoms with Crippen LogP contribution >= 0.6 is 0 Å². The van der Waals surface area contributed by atoms with Crippen LogP contribution < -0.4 is 0 Å². The minimum Gasteiger partial charge on any atom is -0.244 e. The van der Waals surface area contributed by atoms with Gasteiger partial charge in [-0.1, -0.05) is 10.4 Å². The fourth-order valence-electron chi connectivity index (χ4n) is 2.08. The Kier molecular flexibility index (Phi) is 5.15. The third kappa shape index (κ3) is 4.15. The van der Waals surface area contributed by atoms with Crippen molar-refractivity contribution in [2.75, 3.05) is 0 Å². The number of hydrogen-bond acceptors (Lipinski definition) is 4. The van der Waals surface area contributed by atoms with Gasteiger partial charge in [0.05, 0.1) is 33.9 Å². The largest absolute Gasteiger partial charge is 0.244 e. The predicted octanol–water partition coefficient (Wildman–Crippen LogP) is 3.30. The van der Waals surface area contributed by atoms with Gasteiger partial charge in [-0.2, -0.15) is 0 Å². The van der Waals surface area contributed by atoms with Gasteiger partial charge in [-0.3, -0.25) is 0 Å². The first-order chi connectivity index (χ1) is 9.85. The van der Waals surface area contributed by atoms with Gasteiger partial charge in [0.25, 0.3) is 0 Å². The van der Waals surface area contributed by atoms with Crippen molar-refractivity contribution in [1.29, 1.82) is 0 Å².